The third-order valence-corrected chi connectivity index (χ3v) is 3.43. The lowest BCUT2D eigenvalue weighted by Gasteiger charge is -2.05. The zero-order valence-corrected chi connectivity index (χ0v) is 13.4. The maximum Gasteiger partial charge on any atom is 0.321 e. The second-order valence-corrected chi connectivity index (χ2v) is 5.39. The van der Waals surface area contributed by atoms with Crippen LogP contribution >= 0.6 is 11.6 Å². The lowest BCUT2D eigenvalue weighted by Crippen LogP contribution is -2.40. The number of halogens is 1. The Labute approximate surface area is 128 Å². The molecule has 0 saturated heterocycles. The van der Waals surface area contributed by atoms with E-state index in [9.17, 15) is 9.59 Å². The molecule has 0 fully saturated rings. The highest BCUT2D eigenvalue weighted by atomic mass is 35.5. The van der Waals surface area contributed by atoms with E-state index in [0.29, 0.717) is 6.54 Å². The molecule has 3 amide bonds. The van der Waals surface area contributed by atoms with Crippen molar-refractivity contribution in [1.82, 2.24) is 10.6 Å². The Hall–Kier alpha value is -0.770. The summed E-state index contributed by atoms with van der Waals surface area (Å²) in [5.41, 5.74) is 0. The Morgan fingerprint density at radius 3 is 1.85 bits per heavy atom. The molecule has 0 aliphatic heterocycles. The molecule has 0 heterocycles. The topological polar surface area (TPSA) is 58.2 Å². The first-order chi connectivity index (χ1) is 9.70. The highest BCUT2D eigenvalue weighted by Crippen LogP contribution is 2.10. The first kappa shape index (κ1) is 19.2. The first-order valence-corrected chi connectivity index (χ1v) is 8.37. The Kier molecular flexibility index (Phi) is 14.1. The minimum absolute atomic E-state index is 0.189. The highest BCUT2D eigenvalue weighted by Gasteiger charge is 2.04. The number of urea groups is 1. The second-order valence-electron chi connectivity index (χ2n) is 5.12. The van der Waals surface area contributed by atoms with Gasteiger partial charge in [-0.15, -0.1) is 11.6 Å². The predicted octanol–water partition coefficient (Wildman–Crippen LogP) is 3.97. The maximum absolute atomic E-state index is 11.2. The van der Waals surface area contributed by atoms with E-state index in [1.807, 2.05) is 0 Å². The molecule has 0 aromatic heterocycles. The van der Waals surface area contributed by atoms with Crippen LogP contribution in [-0.2, 0) is 4.79 Å². The van der Waals surface area contributed by atoms with E-state index in [2.05, 4.69) is 17.6 Å². The van der Waals surface area contributed by atoms with Gasteiger partial charge in [0, 0.05) is 6.54 Å². The molecule has 4 nitrogen and oxygen atoms in total. The SMILES string of the molecule is CCCCCCCCCCCCNC(=O)NC(=O)CCl. The van der Waals surface area contributed by atoms with Gasteiger partial charge in [0.05, 0.1) is 0 Å². The van der Waals surface area contributed by atoms with Crippen molar-refractivity contribution < 1.29 is 9.59 Å². The Bertz CT molecular complexity index is 260. The summed E-state index contributed by atoms with van der Waals surface area (Å²) < 4.78 is 0. The molecule has 0 bridgehead atoms. The number of hydrogen-bond acceptors (Lipinski definition) is 2. The van der Waals surface area contributed by atoms with Crippen LogP contribution in [0.5, 0.6) is 0 Å². The number of alkyl halides is 1. The van der Waals surface area contributed by atoms with Crippen LogP contribution < -0.4 is 10.6 Å². The van der Waals surface area contributed by atoms with E-state index in [4.69, 9.17) is 11.6 Å². The fraction of sp³-hybridized carbons (Fsp3) is 0.867. The third kappa shape index (κ3) is 13.7. The lowest BCUT2D eigenvalue weighted by atomic mass is 10.1. The number of amides is 3. The molecule has 0 aromatic carbocycles. The van der Waals surface area contributed by atoms with Crippen LogP contribution in [0, 0.1) is 0 Å². The van der Waals surface area contributed by atoms with E-state index < -0.39 is 11.9 Å². The Balaban J connectivity index is 3.16. The molecule has 0 aliphatic carbocycles. The fourth-order valence-corrected chi connectivity index (χ4v) is 2.09. The van der Waals surface area contributed by atoms with Crippen molar-refractivity contribution in [3.63, 3.8) is 0 Å². The molecule has 0 radical (unpaired) electrons. The lowest BCUT2D eigenvalue weighted by molar-refractivity contribution is -0.117. The number of carbonyl (C=O) groups excluding carboxylic acids is 2. The van der Waals surface area contributed by atoms with Crippen LogP contribution in [0.2, 0.25) is 0 Å². The molecular weight excluding hydrogens is 276 g/mol. The minimum atomic E-state index is -0.466. The molecular formula is C15H29ClN2O2. The Morgan fingerprint density at radius 1 is 0.850 bits per heavy atom. The van der Waals surface area contributed by atoms with Crippen LogP contribution in [-0.4, -0.2) is 24.4 Å². The monoisotopic (exact) mass is 304 g/mol. The quantitative estimate of drug-likeness (QED) is 0.423. The maximum atomic E-state index is 11.2. The molecule has 5 heteroatoms. The van der Waals surface area contributed by atoms with E-state index in [1.165, 1.54) is 51.4 Å². The van der Waals surface area contributed by atoms with Crippen LogP contribution in [0.3, 0.4) is 0 Å². The zero-order valence-electron chi connectivity index (χ0n) is 12.7. The normalized spacial score (nSPS) is 10.3. The number of unbranched alkanes of at least 4 members (excludes halogenated alkanes) is 9. The second kappa shape index (κ2) is 14.6. The fourth-order valence-electron chi connectivity index (χ4n) is 2.02. The molecule has 0 unspecified atom stereocenters. The number of rotatable bonds is 12. The average Bonchev–Trinajstić information content (AvgIpc) is 2.44. The van der Waals surface area contributed by atoms with E-state index in [1.54, 1.807) is 0 Å². The molecule has 0 rings (SSSR count). The van der Waals surface area contributed by atoms with Crippen molar-refractivity contribution in [1.29, 1.82) is 0 Å². The Morgan fingerprint density at radius 2 is 1.35 bits per heavy atom. The summed E-state index contributed by atoms with van der Waals surface area (Å²) in [7, 11) is 0. The minimum Gasteiger partial charge on any atom is -0.338 e. The summed E-state index contributed by atoms with van der Waals surface area (Å²) in [5.74, 6) is -0.654. The van der Waals surface area contributed by atoms with Gasteiger partial charge in [-0.2, -0.15) is 0 Å². The highest BCUT2D eigenvalue weighted by molar-refractivity contribution is 6.28. The number of hydrogen-bond donors (Lipinski definition) is 2. The summed E-state index contributed by atoms with van der Waals surface area (Å²) >= 11 is 5.28. The van der Waals surface area contributed by atoms with Crippen molar-refractivity contribution in [3.8, 4) is 0 Å². The summed E-state index contributed by atoms with van der Waals surface area (Å²) in [4.78, 5) is 22.0. The van der Waals surface area contributed by atoms with Gasteiger partial charge in [-0.1, -0.05) is 64.7 Å². The first-order valence-electron chi connectivity index (χ1n) is 7.84. The molecule has 20 heavy (non-hydrogen) atoms. The van der Waals surface area contributed by atoms with Crippen molar-refractivity contribution in [2.24, 2.45) is 0 Å². The average molecular weight is 305 g/mol. The third-order valence-electron chi connectivity index (χ3n) is 3.19. The van der Waals surface area contributed by atoms with E-state index in [-0.39, 0.29) is 5.88 Å². The van der Waals surface area contributed by atoms with E-state index in [0.717, 1.165) is 12.8 Å². The summed E-state index contributed by atoms with van der Waals surface area (Å²) in [6, 6.07) is -0.452. The van der Waals surface area contributed by atoms with Gasteiger partial charge in [-0.25, -0.2) is 4.79 Å². The number of carbonyl (C=O) groups is 2. The molecule has 0 saturated carbocycles. The molecule has 0 atom stereocenters. The van der Waals surface area contributed by atoms with Gasteiger partial charge in [0.15, 0.2) is 0 Å². The van der Waals surface area contributed by atoms with Crippen molar-refractivity contribution in [2.45, 2.75) is 71.1 Å². The van der Waals surface area contributed by atoms with Crippen LogP contribution in [0.4, 0.5) is 4.79 Å². The predicted molar refractivity (Wildman–Crippen MR) is 84.1 cm³/mol. The summed E-state index contributed by atoms with van der Waals surface area (Å²) in [6.45, 7) is 2.85. The van der Waals surface area contributed by atoms with Crippen LogP contribution in [0.25, 0.3) is 0 Å². The van der Waals surface area contributed by atoms with Gasteiger partial charge < -0.3 is 5.32 Å². The smallest absolute Gasteiger partial charge is 0.321 e. The largest absolute Gasteiger partial charge is 0.338 e. The molecule has 0 aliphatic rings. The van der Waals surface area contributed by atoms with Crippen molar-refractivity contribution in [3.05, 3.63) is 0 Å². The zero-order chi connectivity index (χ0) is 15.1. The van der Waals surface area contributed by atoms with E-state index >= 15 is 0 Å². The molecule has 0 spiro atoms. The molecule has 118 valence electrons. The van der Waals surface area contributed by atoms with Crippen molar-refractivity contribution >= 4 is 23.5 Å². The number of nitrogens with one attached hydrogen (secondary N) is 2. The standard InChI is InChI=1S/C15H29ClN2O2/c1-2-3-4-5-6-7-8-9-10-11-12-17-15(20)18-14(19)13-16/h2-13H2,1H3,(H2,17,18,19,20). The van der Waals surface area contributed by atoms with Gasteiger partial charge in [-0.3, -0.25) is 10.1 Å². The van der Waals surface area contributed by atoms with Crippen LogP contribution in [0.1, 0.15) is 71.1 Å². The van der Waals surface area contributed by atoms with Gasteiger partial charge in [0.2, 0.25) is 5.91 Å². The van der Waals surface area contributed by atoms with Gasteiger partial charge in [0.25, 0.3) is 0 Å². The molecule has 2 N–H and O–H groups in total. The summed E-state index contributed by atoms with van der Waals surface area (Å²) in [6.07, 6.45) is 12.7. The van der Waals surface area contributed by atoms with Gasteiger partial charge in [0.1, 0.15) is 5.88 Å². The van der Waals surface area contributed by atoms with Gasteiger partial charge in [-0.05, 0) is 6.42 Å². The number of imide groups is 1. The van der Waals surface area contributed by atoms with Crippen LogP contribution in [0.15, 0.2) is 0 Å². The summed E-state index contributed by atoms with van der Waals surface area (Å²) in [5, 5.41) is 4.79. The molecule has 0 aromatic rings. The van der Waals surface area contributed by atoms with Crippen molar-refractivity contribution in [2.75, 3.05) is 12.4 Å². The van der Waals surface area contributed by atoms with Gasteiger partial charge >= 0.3 is 6.03 Å².